The standard InChI is InChI=1S/C12H17N3O2S/c1-7-4-15(5-8(2)14-7)12(17)10-3-9(6-18-10)11(13)16/h3,6-8,14H,4-5H2,1-2H3,(H2,13,16)/t7-,8-/m1/s1. The van der Waals surface area contributed by atoms with Gasteiger partial charge < -0.3 is 16.0 Å². The normalized spacial score (nSPS) is 24.0. The number of nitrogens with one attached hydrogen (secondary N) is 1. The number of primary amides is 1. The molecule has 3 N–H and O–H groups in total. The number of nitrogens with zero attached hydrogens (tertiary/aromatic N) is 1. The Hall–Kier alpha value is -1.40. The van der Waals surface area contributed by atoms with Crippen molar-refractivity contribution in [2.45, 2.75) is 25.9 Å². The molecule has 1 aromatic rings. The number of hydrogen-bond acceptors (Lipinski definition) is 4. The summed E-state index contributed by atoms with van der Waals surface area (Å²) in [7, 11) is 0. The summed E-state index contributed by atoms with van der Waals surface area (Å²) in [6.07, 6.45) is 0. The molecule has 1 aliphatic rings. The summed E-state index contributed by atoms with van der Waals surface area (Å²) in [6, 6.07) is 2.15. The van der Waals surface area contributed by atoms with Crippen molar-refractivity contribution in [2.75, 3.05) is 13.1 Å². The molecule has 0 radical (unpaired) electrons. The average Bonchev–Trinajstić information content (AvgIpc) is 2.75. The van der Waals surface area contributed by atoms with Gasteiger partial charge in [0.1, 0.15) is 0 Å². The summed E-state index contributed by atoms with van der Waals surface area (Å²) in [4.78, 5) is 25.7. The maximum atomic E-state index is 12.3. The molecule has 1 aromatic heterocycles. The fourth-order valence-corrected chi connectivity index (χ4v) is 3.09. The average molecular weight is 267 g/mol. The Kier molecular flexibility index (Phi) is 3.68. The Balaban J connectivity index is 2.12. The van der Waals surface area contributed by atoms with Gasteiger partial charge in [-0.05, 0) is 19.9 Å². The van der Waals surface area contributed by atoms with E-state index in [-0.39, 0.29) is 18.0 Å². The molecule has 2 atom stereocenters. The fourth-order valence-electron chi connectivity index (χ4n) is 2.23. The fraction of sp³-hybridized carbons (Fsp3) is 0.500. The minimum absolute atomic E-state index is 0.0206. The molecule has 0 bridgehead atoms. The molecule has 1 fully saturated rings. The molecule has 0 spiro atoms. The van der Waals surface area contributed by atoms with E-state index in [1.807, 2.05) is 4.90 Å². The van der Waals surface area contributed by atoms with Crippen molar-refractivity contribution in [3.8, 4) is 0 Å². The molecule has 6 heteroatoms. The molecule has 2 amide bonds. The van der Waals surface area contributed by atoms with Crippen LogP contribution in [0.4, 0.5) is 0 Å². The second-order valence-electron chi connectivity index (χ2n) is 4.74. The lowest BCUT2D eigenvalue weighted by atomic mass is 10.1. The lowest BCUT2D eigenvalue weighted by molar-refractivity contribution is 0.0678. The van der Waals surface area contributed by atoms with E-state index in [1.54, 1.807) is 11.4 Å². The summed E-state index contributed by atoms with van der Waals surface area (Å²) in [5.41, 5.74) is 5.59. The van der Waals surface area contributed by atoms with Crippen molar-refractivity contribution in [3.05, 3.63) is 21.9 Å². The summed E-state index contributed by atoms with van der Waals surface area (Å²) < 4.78 is 0. The van der Waals surface area contributed by atoms with Crippen LogP contribution in [0.3, 0.4) is 0 Å². The van der Waals surface area contributed by atoms with E-state index in [1.165, 1.54) is 11.3 Å². The summed E-state index contributed by atoms with van der Waals surface area (Å²) in [6.45, 7) is 5.48. The molecule has 98 valence electrons. The van der Waals surface area contributed by atoms with Gasteiger partial charge in [0.15, 0.2) is 0 Å². The molecule has 0 unspecified atom stereocenters. The van der Waals surface area contributed by atoms with E-state index < -0.39 is 5.91 Å². The highest BCUT2D eigenvalue weighted by Crippen LogP contribution is 2.18. The molecule has 18 heavy (non-hydrogen) atoms. The van der Waals surface area contributed by atoms with E-state index in [0.29, 0.717) is 23.5 Å². The van der Waals surface area contributed by atoms with Crippen LogP contribution in [0.15, 0.2) is 11.4 Å². The third-order valence-electron chi connectivity index (χ3n) is 2.94. The van der Waals surface area contributed by atoms with Crippen LogP contribution in [-0.4, -0.2) is 41.9 Å². The smallest absolute Gasteiger partial charge is 0.264 e. The molecule has 5 nitrogen and oxygen atoms in total. The van der Waals surface area contributed by atoms with Crippen molar-refractivity contribution in [1.29, 1.82) is 0 Å². The van der Waals surface area contributed by atoms with Gasteiger partial charge in [-0.25, -0.2) is 0 Å². The lowest BCUT2D eigenvalue weighted by Gasteiger charge is -2.35. The van der Waals surface area contributed by atoms with Gasteiger partial charge in [0.05, 0.1) is 10.4 Å². The Morgan fingerprint density at radius 2 is 2.00 bits per heavy atom. The second-order valence-corrected chi connectivity index (χ2v) is 5.65. The van der Waals surface area contributed by atoms with Crippen LogP contribution in [0.2, 0.25) is 0 Å². The van der Waals surface area contributed by atoms with Gasteiger partial charge in [-0.2, -0.15) is 0 Å². The predicted octanol–water partition coefficient (Wildman–Crippen LogP) is 0.669. The van der Waals surface area contributed by atoms with E-state index >= 15 is 0 Å². The number of carbonyl (C=O) groups is 2. The number of piperazine rings is 1. The van der Waals surface area contributed by atoms with Gasteiger partial charge in [0, 0.05) is 30.6 Å². The minimum Gasteiger partial charge on any atom is -0.366 e. The van der Waals surface area contributed by atoms with E-state index in [0.717, 1.165) is 0 Å². The molecular formula is C12H17N3O2S. The highest BCUT2D eigenvalue weighted by atomic mass is 32.1. The van der Waals surface area contributed by atoms with Gasteiger partial charge in [0.25, 0.3) is 5.91 Å². The molecular weight excluding hydrogens is 250 g/mol. The van der Waals surface area contributed by atoms with Crippen LogP contribution in [-0.2, 0) is 0 Å². The van der Waals surface area contributed by atoms with Crippen molar-refractivity contribution in [2.24, 2.45) is 5.73 Å². The molecule has 0 aliphatic carbocycles. The Morgan fingerprint density at radius 1 is 1.39 bits per heavy atom. The summed E-state index contributed by atoms with van der Waals surface area (Å²) in [5, 5.41) is 5.00. The zero-order valence-electron chi connectivity index (χ0n) is 10.5. The van der Waals surface area contributed by atoms with E-state index in [9.17, 15) is 9.59 Å². The van der Waals surface area contributed by atoms with Crippen LogP contribution in [0, 0.1) is 0 Å². The maximum Gasteiger partial charge on any atom is 0.264 e. The van der Waals surface area contributed by atoms with Gasteiger partial charge in [-0.1, -0.05) is 0 Å². The predicted molar refractivity (Wildman–Crippen MR) is 70.8 cm³/mol. The first kappa shape index (κ1) is 13.0. The number of nitrogens with two attached hydrogens (primary N) is 1. The van der Waals surface area contributed by atoms with Crippen molar-refractivity contribution in [3.63, 3.8) is 0 Å². The van der Waals surface area contributed by atoms with Gasteiger partial charge in [-0.15, -0.1) is 11.3 Å². The van der Waals surface area contributed by atoms with Gasteiger partial charge in [0.2, 0.25) is 5.91 Å². The first-order valence-corrected chi connectivity index (χ1v) is 6.79. The first-order chi connectivity index (χ1) is 8.47. The van der Waals surface area contributed by atoms with Crippen LogP contribution >= 0.6 is 11.3 Å². The number of rotatable bonds is 2. The molecule has 1 saturated heterocycles. The molecule has 2 rings (SSSR count). The van der Waals surface area contributed by atoms with Crippen LogP contribution in [0.5, 0.6) is 0 Å². The highest BCUT2D eigenvalue weighted by Gasteiger charge is 2.26. The first-order valence-electron chi connectivity index (χ1n) is 5.91. The largest absolute Gasteiger partial charge is 0.366 e. The Labute approximate surface area is 110 Å². The minimum atomic E-state index is -0.493. The van der Waals surface area contributed by atoms with E-state index in [4.69, 9.17) is 5.73 Å². The quantitative estimate of drug-likeness (QED) is 0.827. The summed E-state index contributed by atoms with van der Waals surface area (Å²) in [5.74, 6) is -0.514. The second kappa shape index (κ2) is 5.07. The van der Waals surface area contributed by atoms with Crippen LogP contribution < -0.4 is 11.1 Å². The van der Waals surface area contributed by atoms with Crippen LogP contribution in [0.25, 0.3) is 0 Å². The highest BCUT2D eigenvalue weighted by molar-refractivity contribution is 7.12. The zero-order chi connectivity index (χ0) is 13.3. The molecule has 1 aliphatic heterocycles. The lowest BCUT2D eigenvalue weighted by Crippen LogP contribution is -2.55. The number of amides is 2. The van der Waals surface area contributed by atoms with Crippen molar-refractivity contribution in [1.82, 2.24) is 10.2 Å². The Bertz CT molecular complexity index is 462. The zero-order valence-corrected chi connectivity index (χ0v) is 11.3. The number of carbonyl (C=O) groups excluding carboxylic acids is 2. The van der Waals surface area contributed by atoms with Gasteiger partial charge in [-0.3, -0.25) is 9.59 Å². The maximum absolute atomic E-state index is 12.3. The number of hydrogen-bond donors (Lipinski definition) is 2. The monoisotopic (exact) mass is 267 g/mol. The topological polar surface area (TPSA) is 75.4 Å². The molecule has 2 heterocycles. The van der Waals surface area contributed by atoms with Crippen molar-refractivity contribution < 1.29 is 9.59 Å². The van der Waals surface area contributed by atoms with E-state index in [2.05, 4.69) is 19.2 Å². The van der Waals surface area contributed by atoms with Gasteiger partial charge >= 0.3 is 0 Å². The third-order valence-corrected chi connectivity index (χ3v) is 3.86. The number of thiophene rings is 1. The Morgan fingerprint density at radius 3 is 2.50 bits per heavy atom. The molecule has 0 saturated carbocycles. The third kappa shape index (κ3) is 2.70. The SMILES string of the molecule is C[C@@H]1CN(C(=O)c2cc(C(N)=O)cs2)C[C@@H](C)N1. The summed E-state index contributed by atoms with van der Waals surface area (Å²) >= 11 is 1.27. The van der Waals surface area contributed by atoms with Crippen molar-refractivity contribution >= 4 is 23.2 Å². The van der Waals surface area contributed by atoms with Crippen LogP contribution in [0.1, 0.15) is 33.9 Å². The molecule has 0 aromatic carbocycles.